The molecule has 0 aliphatic carbocycles. The maximum absolute atomic E-state index is 13.8. The van der Waals surface area contributed by atoms with E-state index in [0.717, 1.165) is 5.33 Å². The number of anilines is 1. The van der Waals surface area contributed by atoms with Crippen LogP contribution in [-0.4, -0.2) is 35.6 Å². The lowest BCUT2D eigenvalue weighted by molar-refractivity contribution is -0.00242. The Balaban J connectivity index is 2.20. The molecule has 2 atom stereocenters. The minimum absolute atomic E-state index is 0.0728. The molecule has 2 unspecified atom stereocenters. The van der Waals surface area contributed by atoms with Gasteiger partial charge in [0.25, 0.3) is 0 Å². The molecule has 0 radical (unpaired) electrons. The van der Waals surface area contributed by atoms with Crippen LogP contribution in [0, 0.1) is 5.82 Å². The van der Waals surface area contributed by atoms with Crippen LogP contribution in [0.4, 0.5) is 10.2 Å². The van der Waals surface area contributed by atoms with Crippen molar-refractivity contribution in [1.29, 1.82) is 0 Å². The van der Waals surface area contributed by atoms with Gasteiger partial charge in [-0.1, -0.05) is 15.9 Å². The Morgan fingerprint density at radius 1 is 1.59 bits per heavy atom. The highest BCUT2D eigenvalue weighted by molar-refractivity contribution is 9.10. The molecule has 1 fully saturated rings. The summed E-state index contributed by atoms with van der Waals surface area (Å²) in [5, 5.41) is 0.742. The van der Waals surface area contributed by atoms with E-state index >= 15 is 0 Å². The predicted molar refractivity (Wildman–Crippen MR) is 72.2 cm³/mol. The molecule has 17 heavy (non-hydrogen) atoms. The molecule has 6 heteroatoms. The molecule has 1 aromatic heterocycles. The van der Waals surface area contributed by atoms with E-state index in [1.54, 1.807) is 6.20 Å². The van der Waals surface area contributed by atoms with E-state index in [0.29, 0.717) is 23.4 Å². The summed E-state index contributed by atoms with van der Waals surface area (Å²) in [6.45, 7) is 3.30. The van der Waals surface area contributed by atoms with Gasteiger partial charge in [-0.15, -0.1) is 0 Å². The molecule has 0 saturated carbocycles. The minimum atomic E-state index is -0.304. The molecule has 3 nitrogen and oxygen atoms in total. The van der Waals surface area contributed by atoms with Crippen molar-refractivity contribution >= 4 is 37.7 Å². The van der Waals surface area contributed by atoms with Crippen molar-refractivity contribution in [3.05, 3.63) is 22.6 Å². The molecule has 1 saturated heterocycles. The van der Waals surface area contributed by atoms with Gasteiger partial charge in [-0.05, 0) is 28.9 Å². The largest absolute Gasteiger partial charge is 0.371 e. The summed E-state index contributed by atoms with van der Waals surface area (Å²) in [6, 6.07) is 1.44. The molecule has 94 valence electrons. The van der Waals surface area contributed by atoms with Gasteiger partial charge in [-0.2, -0.15) is 0 Å². The first-order valence-electron chi connectivity index (χ1n) is 5.37. The topological polar surface area (TPSA) is 25.4 Å². The first-order valence-corrected chi connectivity index (χ1v) is 7.29. The smallest absolute Gasteiger partial charge is 0.166 e. The van der Waals surface area contributed by atoms with Crippen LogP contribution in [-0.2, 0) is 4.74 Å². The van der Waals surface area contributed by atoms with Crippen LogP contribution in [0.2, 0.25) is 0 Å². The summed E-state index contributed by atoms with van der Waals surface area (Å²) in [7, 11) is 0. The van der Waals surface area contributed by atoms with Crippen molar-refractivity contribution in [2.75, 3.05) is 23.3 Å². The first-order chi connectivity index (χ1) is 8.10. The SMILES string of the molecule is CC1CN(c2ncc(Br)cc2F)CC(CBr)O1. The number of rotatable bonds is 2. The molecule has 2 rings (SSSR count). The molecule has 1 aromatic rings. The monoisotopic (exact) mass is 366 g/mol. The van der Waals surface area contributed by atoms with Crippen molar-refractivity contribution < 1.29 is 9.13 Å². The molecule has 2 heterocycles. The van der Waals surface area contributed by atoms with Crippen LogP contribution in [0.5, 0.6) is 0 Å². The molecule has 1 aliphatic rings. The standard InChI is InChI=1S/C11H13Br2FN2O/c1-7-5-16(6-9(3-12)17-7)11-10(14)2-8(13)4-15-11/h2,4,7,9H,3,5-6H2,1H3. The normalized spacial score (nSPS) is 25.1. The third-order valence-electron chi connectivity index (χ3n) is 2.59. The zero-order valence-corrected chi connectivity index (χ0v) is 12.5. The summed E-state index contributed by atoms with van der Waals surface area (Å²) < 4.78 is 20.2. The molecular weight excluding hydrogens is 355 g/mol. The second kappa shape index (κ2) is 5.63. The van der Waals surface area contributed by atoms with Gasteiger partial charge in [-0.25, -0.2) is 9.37 Å². The second-order valence-corrected chi connectivity index (χ2v) is 5.65. The van der Waals surface area contributed by atoms with Crippen LogP contribution in [0.25, 0.3) is 0 Å². The highest BCUT2D eigenvalue weighted by atomic mass is 79.9. The van der Waals surface area contributed by atoms with Crippen LogP contribution in [0.15, 0.2) is 16.7 Å². The van der Waals surface area contributed by atoms with Crippen LogP contribution in [0.3, 0.4) is 0 Å². The minimum Gasteiger partial charge on any atom is -0.371 e. The van der Waals surface area contributed by atoms with E-state index in [9.17, 15) is 4.39 Å². The van der Waals surface area contributed by atoms with Crippen molar-refractivity contribution in [2.24, 2.45) is 0 Å². The Bertz CT molecular complexity index is 405. The number of halogens is 3. The van der Waals surface area contributed by atoms with Crippen molar-refractivity contribution in [1.82, 2.24) is 4.98 Å². The quantitative estimate of drug-likeness (QED) is 0.751. The number of hydrogen-bond acceptors (Lipinski definition) is 3. The van der Waals surface area contributed by atoms with Gasteiger partial charge in [0.05, 0.1) is 12.2 Å². The van der Waals surface area contributed by atoms with Crippen molar-refractivity contribution in [2.45, 2.75) is 19.1 Å². The highest BCUT2D eigenvalue weighted by Crippen LogP contribution is 2.23. The second-order valence-electron chi connectivity index (χ2n) is 4.09. The molecule has 0 N–H and O–H groups in total. The van der Waals surface area contributed by atoms with Gasteiger partial charge in [0.1, 0.15) is 0 Å². The van der Waals surface area contributed by atoms with Gasteiger partial charge < -0.3 is 9.64 Å². The lowest BCUT2D eigenvalue weighted by Crippen LogP contribution is -2.48. The molecule has 0 bridgehead atoms. The third kappa shape index (κ3) is 3.17. The number of morpholine rings is 1. The van der Waals surface area contributed by atoms with Gasteiger partial charge >= 0.3 is 0 Å². The number of pyridine rings is 1. The predicted octanol–water partition coefficient (Wildman–Crippen LogP) is 2.97. The maximum Gasteiger partial charge on any atom is 0.166 e. The Hall–Kier alpha value is -0.200. The summed E-state index contributed by atoms with van der Waals surface area (Å²) >= 11 is 6.60. The van der Waals surface area contributed by atoms with E-state index < -0.39 is 0 Å². The average Bonchev–Trinajstić information content (AvgIpc) is 2.28. The lowest BCUT2D eigenvalue weighted by atomic mass is 10.2. The van der Waals surface area contributed by atoms with Crippen LogP contribution in [0.1, 0.15) is 6.92 Å². The summed E-state index contributed by atoms with van der Waals surface area (Å²) in [4.78, 5) is 6.07. The van der Waals surface area contributed by atoms with Gasteiger partial charge in [-0.3, -0.25) is 0 Å². The summed E-state index contributed by atoms with van der Waals surface area (Å²) in [5.74, 6) is 0.0936. The number of hydrogen-bond donors (Lipinski definition) is 0. The number of ether oxygens (including phenoxy) is 1. The Kier molecular flexibility index (Phi) is 4.38. The average molecular weight is 368 g/mol. The Labute approximate surface area is 117 Å². The fourth-order valence-corrected chi connectivity index (χ4v) is 2.60. The highest BCUT2D eigenvalue weighted by Gasteiger charge is 2.26. The fraction of sp³-hybridized carbons (Fsp3) is 0.545. The molecule has 0 aromatic carbocycles. The van der Waals surface area contributed by atoms with Crippen LogP contribution < -0.4 is 4.90 Å². The van der Waals surface area contributed by atoms with E-state index in [-0.39, 0.29) is 18.0 Å². The zero-order chi connectivity index (χ0) is 12.4. The number of nitrogens with zero attached hydrogens (tertiary/aromatic N) is 2. The van der Waals surface area contributed by atoms with Crippen LogP contribution >= 0.6 is 31.9 Å². The zero-order valence-electron chi connectivity index (χ0n) is 9.37. The lowest BCUT2D eigenvalue weighted by Gasteiger charge is -2.36. The molecule has 0 spiro atoms. The van der Waals surface area contributed by atoms with Gasteiger partial charge in [0, 0.05) is 29.1 Å². The van der Waals surface area contributed by atoms with Crippen molar-refractivity contribution in [3.8, 4) is 0 Å². The maximum atomic E-state index is 13.8. The summed E-state index contributed by atoms with van der Waals surface area (Å²) in [6.07, 6.45) is 1.77. The molecule has 1 aliphatic heterocycles. The van der Waals surface area contributed by atoms with Gasteiger partial charge in [0.2, 0.25) is 0 Å². The number of aromatic nitrogens is 1. The third-order valence-corrected chi connectivity index (χ3v) is 3.74. The van der Waals surface area contributed by atoms with Crippen molar-refractivity contribution in [3.63, 3.8) is 0 Å². The van der Waals surface area contributed by atoms with E-state index in [1.165, 1.54) is 6.07 Å². The molecular formula is C11H13Br2FN2O. The van der Waals surface area contributed by atoms with E-state index in [2.05, 4.69) is 36.8 Å². The summed E-state index contributed by atoms with van der Waals surface area (Å²) in [5.41, 5.74) is 0. The van der Waals surface area contributed by atoms with E-state index in [1.807, 2.05) is 11.8 Å². The number of alkyl halides is 1. The first kappa shape index (κ1) is 13.2. The van der Waals surface area contributed by atoms with E-state index in [4.69, 9.17) is 4.74 Å². The molecule has 0 amide bonds. The fourth-order valence-electron chi connectivity index (χ4n) is 1.94. The van der Waals surface area contributed by atoms with Gasteiger partial charge in [0.15, 0.2) is 11.6 Å². The Morgan fingerprint density at radius 2 is 2.35 bits per heavy atom. The Morgan fingerprint density at radius 3 is 3.00 bits per heavy atom.